The van der Waals surface area contributed by atoms with Crippen LogP contribution in [0.2, 0.25) is 0 Å². The number of carbonyl (C=O) groups is 1. The molecule has 2 aromatic rings. The number of hydrogen-bond acceptors (Lipinski definition) is 5. The van der Waals surface area contributed by atoms with E-state index in [4.69, 9.17) is 0 Å². The third-order valence-corrected chi connectivity index (χ3v) is 4.34. The molecule has 0 bridgehead atoms. The number of carbonyl (C=O) groups excluding carboxylic acids is 1. The minimum Gasteiger partial charge on any atom is -0.406 e. The van der Waals surface area contributed by atoms with Gasteiger partial charge in [0.05, 0.1) is 10.2 Å². The van der Waals surface area contributed by atoms with Gasteiger partial charge in [0, 0.05) is 18.5 Å². The quantitative estimate of drug-likeness (QED) is 0.781. The zero-order valence-corrected chi connectivity index (χ0v) is 13.9. The molecule has 126 valence electrons. The molecule has 5 nitrogen and oxygen atoms in total. The Hall–Kier alpha value is -1.68. The van der Waals surface area contributed by atoms with Crippen LogP contribution in [0.15, 0.2) is 22.5 Å². The van der Waals surface area contributed by atoms with Crippen LogP contribution in [0.5, 0.6) is 5.75 Å². The van der Waals surface area contributed by atoms with E-state index in [-0.39, 0.29) is 11.8 Å². The van der Waals surface area contributed by atoms with E-state index in [2.05, 4.69) is 19.8 Å². The van der Waals surface area contributed by atoms with E-state index in [1.165, 1.54) is 29.5 Å². The lowest BCUT2D eigenvalue weighted by atomic mass is 10.2. The van der Waals surface area contributed by atoms with Crippen molar-refractivity contribution in [3.8, 4) is 5.75 Å². The van der Waals surface area contributed by atoms with E-state index in [1.807, 2.05) is 13.8 Å². The molecule has 2 N–H and O–H groups in total. The SMILES string of the molecule is CC(C)CNC(=O)NSc1nc2ccc(OC(F)(F)F)cc2s1. The van der Waals surface area contributed by atoms with Gasteiger partial charge < -0.3 is 10.1 Å². The minimum atomic E-state index is -4.73. The Balaban J connectivity index is 1.98. The smallest absolute Gasteiger partial charge is 0.406 e. The fraction of sp³-hybridized carbons (Fsp3) is 0.385. The molecule has 2 rings (SSSR count). The summed E-state index contributed by atoms with van der Waals surface area (Å²) in [6.45, 7) is 4.49. The molecule has 0 saturated heterocycles. The number of rotatable bonds is 5. The molecule has 0 saturated carbocycles. The highest BCUT2D eigenvalue weighted by molar-refractivity contribution is 7.99. The molecular weight excluding hydrogens is 351 g/mol. The van der Waals surface area contributed by atoms with Gasteiger partial charge in [-0.05, 0) is 24.1 Å². The number of nitrogens with one attached hydrogen (secondary N) is 2. The molecule has 2 amide bonds. The third kappa shape index (κ3) is 5.79. The number of amides is 2. The first-order chi connectivity index (χ1) is 10.7. The Bertz CT molecular complexity index is 689. The largest absolute Gasteiger partial charge is 0.573 e. The maximum atomic E-state index is 12.2. The van der Waals surface area contributed by atoms with Gasteiger partial charge >= 0.3 is 12.4 Å². The molecule has 1 heterocycles. The van der Waals surface area contributed by atoms with Crippen LogP contribution in [0.1, 0.15) is 13.8 Å². The minimum absolute atomic E-state index is 0.298. The number of nitrogens with zero attached hydrogens (tertiary/aromatic N) is 1. The van der Waals surface area contributed by atoms with Gasteiger partial charge in [0.25, 0.3) is 0 Å². The number of alkyl halides is 3. The number of thiazole rings is 1. The normalized spacial score (nSPS) is 11.7. The van der Waals surface area contributed by atoms with Gasteiger partial charge in [-0.1, -0.05) is 13.8 Å². The zero-order valence-electron chi connectivity index (χ0n) is 12.2. The Morgan fingerprint density at radius 2 is 2.17 bits per heavy atom. The fourth-order valence-corrected chi connectivity index (χ4v) is 3.23. The zero-order chi connectivity index (χ0) is 17.0. The number of benzene rings is 1. The molecule has 0 aliphatic heterocycles. The van der Waals surface area contributed by atoms with Crippen molar-refractivity contribution in [2.75, 3.05) is 6.54 Å². The van der Waals surface area contributed by atoms with Crippen molar-refractivity contribution < 1.29 is 22.7 Å². The number of aromatic nitrogens is 1. The van der Waals surface area contributed by atoms with Crippen LogP contribution in [-0.4, -0.2) is 23.9 Å². The highest BCUT2D eigenvalue weighted by Crippen LogP contribution is 2.32. The summed E-state index contributed by atoms with van der Waals surface area (Å²) in [6, 6.07) is 3.57. The van der Waals surface area contributed by atoms with Gasteiger partial charge in [-0.2, -0.15) is 0 Å². The summed E-state index contributed by atoms with van der Waals surface area (Å²) in [5.74, 6) is 0.0353. The van der Waals surface area contributed by atoms with Crippen LogP contribution < -0.4 is 14.8 Å². The van der Waals surface area contributed by atoms with Crippen LogP contribution >= 0.6 is 23.3 Å². The summed E-state index contributed by atoms with van der Waals surface area (Å²) < 4.78 is 44.1. The van der Waals surface area contributed by atoms with E-state index in [1.54, 1.807) is 0 Å². The van der Waals surface area contributed by atoms with Gasteiger partial charge in [0.1, 0.15) is 5.75 Å². The third-order valence-electron chi connectivity index (χ3n) is 2.48. The second kappa shape index (κ2) is 7.26. The number of ether oxygens (including phenoxy) is 1. The molecule has 10 heteroatoms. The van der Waals surface area contributed by atoms with Gasteiger partial charge in [-0.15, -0.1) is 24.5 Å². The summed E-state index contributed by atoms with van der Waals surface area (Å²) in [7, 11) is 0. The number of hydrogen-bond donors (Lipinski definition) is 2. The molecule has 0 spiro atoms. The molecule has 0 aliphatic rings. The molecule has 0 radical (unpaired) electrons. The monoisotopic (exact) mass is 365 g/mol. The second-order valence-corrected chi connectivity index (χ2v) is 7.05. The van der Waals surface area contributed by atoms with Gasteiger partial charge in [-0.25, -0.2) is 9.78 Å². The first-order valence-corrected chi connectivity index (χ1v) is 8.23. The topological polar surface area (TPSA) is 63.2 Å². The van der Waals surface area contributed by atoms with E-state index in [0.717, 1.165) is 11.9 Å². The van der Waals surface area contributed by atoms with Gasteiger partial charge in [0.15, 0.2) is 4.34 Å². The molecule has 0 fully saturated rings. The van der Waals surface area contributed by atoms with Crippen molar-refractivity contribution in [1.82, 2.24) is 15.0 Å². The lowest BCUT2D eigenvalue weighted by molar-refractivity contribution is -0.274. The van der Waals surface area contributed by atoms with Crippen LogP contribution in [0, 0.1) is 5.92 Å². The molecule has 23 heavy (non-hydrogen) atoms. The number of urea groups is 1. The fourth-order valence-electron chi connectivity index (χ4n) is 1.55. The standard InChI is InChI=1S/C13H14F3N3O2S2/c1-7(2)6-17-11(20)19-23-12-18-9-4-3-8(5-10(9)22-12)21-13(14,15)16/h3-5,7H,6H2,1-2H3,(H2,17,19,20). The number of halogens is 3. The van der Waals surface area contributed by atoms with E-state index < -0.39 is 6.36 Å². The van der Waals surface area contributed by atoms with Crippen molar-refractivity contribution in [2.45, 2.75) is 24.5 Å². The maximum absolute atomic E-state index is 12.2. The molecule has 1 aromatic carbocycles. The summed E-state index contributed by atoms with van der Waals surface area (Å²) in [5, 5.41) is 2.68. The molecule has 0 atom stereocenters. The van der Waals surface area contributed by atoms with E-state index in [0.29, 0.717) is 27.0 Å². The van der Waals surface area contributed by atoms with E-state index >= 15 is 0 Å². The summed E-state index contributed by atoms with van der Waals surface area (Å²) >= 11 is 2.17. The lowest BCUT2D eigenvalue weighted by Gasteiger charge is -2.07. The molecule has 0 aliphatic carbocycles. The molecular formula is C13H14F3N3O2S2. The van der Waals surface area contributed by atoms with Crippen LogP contribution in [0.25, 0.3) is 10.2 Å². The van der Waals surface area contributed by atoms with Crippen molar-refractivity contribution >= 4 is 39.5 Å². The highest BCUT2D eigenvalue weighted by Gasteiger charge is 2.31. The van der Waals surface area contributed by atoms with Crippen molar-refractivity contribution in [1.29, 1.82) is 0 Å². The van der Waals surface area contributed by atoms with Crippen LogP contribution in [-0.2, 0) is 0 Å². The highest BCUT2D eigenvalue weighted by atomic mass is 32.2. The van der Waals surface area contributed by atoms with Gasteiger partial charge in [-0.3, -0.25) is 4.72 Å². The van der Waals surface area contributed by atoms with Crippen molar-refractivity contribution in [2.24, 2.45) is 5.92 Å². The lowest BCUT2D eigenvalue weighted by Crippen LogP contribution is -2.33. The Labute approximate surface area is 138 Å². The predicted octanol–water partition coefficient (Wildman–Crippen LogP) is 4.16. The number of fused-ring (bicyclic) bond motifs is 1. The first kappa shape index (κ1) is 17.7. The van der Waals surface area contributed by atoms with Crippen LogP contribution in [0.4, 0.5) is 18.0 Å². The Kier molecular flexibility index (Phi) is 5.58. The van der Waals surface area contributed by atoms with Gasteiger partial charge in [0.2, 0.25) is 0 Å². The summed E-state index contributed by atoms with van der Waals surface area (Å²) in [4.78, 5) is 15.8. The van der Waals surface area contributed by atoms with Crippen molar-refractivity contribution in [3.63, 3.8) is 0 Å². The molecule has 0 unspecified atom stereocenters. The summed E-state index contributed by atoms with van der Waals surface area (Å²) in [6.07, 6.45) is -4.73. The predicted molar refractivity (Wildman–Crippen MR) is 83.5 cm³/mol. The summed E-state index contributed by atoms with van der Waals surface area (Å²) in [5.41, 5.74) is 0.538. The molecule has 1 aromatic heterocycles. The van der Waals surface area contributed by atoms with Crippen molar-refractivity contribution in [3.05, 3.63) is 18.2 Å². The second-order valence-electron chi connectivity index (χ2n) is 4.97. The van der Waals surface area contributed by atoms with Crippen LogP contribution in [0.3, 0.4) is 0 Å². The Morgan fingerprint density at radius 1 is 1.43 bits per heavy atom. The van der Waals surface area contributed by atoms with E-state index in [9.17, 15) is 18.0 Å². The average Bonchev–Trinajstić information content (AvgIpc) is 2.83. The first-order valence-electron chi connectivity index (χ1n) is 6.60. The average molecular weight is 365 g/mol. The maximum Gasteiger partial charge on any atom is 0.573 e. The Morgan fingerprint density at radius 3 is 2.83 bits per heavy atom.